The molecule has 0 saturated heterocycles. The summed E-state index contributed by atoms with van der Waals surface area (Å²) in [5.41, 5.74) is 5.29. The first-order valence-corrected chi connectivity index (χ1v) is 3.85. The van der Waals surface area contributed by atoms with Crippen molar-refractivity contribution in [3.63, 3.8) is 0 Å². The number of rotatable bonds is 3. The van der Waals surface area contributed by atoms with Gasteiger partial charge in [-0.05, 0) is 6.07 Å². The molecule has 3 N–H and O–H groups in total. The van der Waals surface area contributed by atoms with Crippen LogP contribution in [0.3, 0.4) is 0 Å². The molecule has 14 heavy (non-hydrogen) atoms. The lowest BCUT2D eigenvalue weighted by Gasteiger charge is -2.04. The number of carbonyl (C=O) groups excluding carboxylic acids is 1. The number of carbonyl (C=O) groups is 2. The van der Waals surface area contributed by atoms with Gasteiger partial charge in [0.2, 0.25) is 5.91 Å². The fourth-order valence-electron chi connectivity index (χ4n) is 1.07. The average molecular weight is 191 g/mol. The summed E-state index contributed by atoms with van der Waals surface area (Å²) in [6.07, 6.45) is 0. The van der Waals surface area contributed by atoms with E-state index in [9.17, 15) is 9.59 Å². The van der Waals surface area contributed by atoms with E-state index in [1.807, 2.05) is 0 Å². The first kappa shape index (κ1) is 9.98. The number of aromatic carboxylic acids is 1. The quantitative estimate of drug-likeness (QED) is 0.696. The highest BCUT2D eigenvalue weighted by Gasteiger charge is 2.14. The number of hydrogen-bond acceptors (Lipinski definition) is 2. The highest BCUT2D eigenvalue weighted by atomic mass is 16.4. The van der Waals surface area contributed by atoms with E-state index in [-0.39, 0.29) is 16.7 Å². The van der Waals surface area contributed by atoms with Crippen LogP contribution in [0.25, 0.3) is 5.57 Å². The molecule has 0 saturated carbocycles. The summed E-state index contributed by atoms with van der Waals surface area (Å²) in [5, 5.41) is 8.80. The number of benzene rings is 1. The zero-order chi connectivity index (χ0) is 10.7. The molecule has 0 aliphatic rings. The van der Waals surface area contributed by atoms with Crippen LogP contribution in [-0.2, 0) is 4.79 Å². The van der Waals surface area contributed by atoms with E-state index in [2.05, 4.69) is 6.58 Å². The number of nitrogens with two attached hydrogens (primary N) is 1. The molecule has 0 bridgehead atoms. The summed E-state index contributed by atoms with van der Waals surface area (Å²) in [7, 11) is 0. The molecule has 0 spiro atoms. The van der Waals surface area contributed by atoms with Gasteiger partial charge >= 0.3 is 5.97 Å². The zero-order valence-electron chi connectivity index (χ0n) is 7.36. The van der Waals surface area contributed by atoms with Crippen LogP contribution in [-0.4, -0.2) is 17.0 Å². The van der Waals surface area contributed by atoms with Crippen molar-refractivity contribution >= 4 is 17.4 Å². The van der Waals surface area contributed by atoms with Gasteiger partial charge in [0, 0.05) is 11.1 Å². The molecule has 1 aromatic rings. The Kier molecular flexibility index (Phi) is 2.67. The normalized spacial score (nSPS) is 9.43. The van der Waals surface area contributed by atoms with Crippen LogP contribution in [0.4, 0.5) is 0 Å². The van der Waals surface area contributed by atoms with Crippen LogP contribution < -0.4 is 5.73 Å². The lowest BCUT2D eigenvalue weighted by molar-refractivity contribution is -0.112. The van der Waals surface area contributed by atoms with Crippen molar-refractivity contribution in [2.45, 2.75) is 0 Å². The molecule has 1 aromatic carbocycles. The van der Waals surface area contributed by atoms with Gasteiger partial charge in [-0.3, -0.25) is 4.79 Å². The minimum Gasteiger partial charge on any atom is -0.478 e. The van der Waals surface area contributed by atoms with E-state index in [0.29, 0.717) is 0 Å². The second kappa shape index (κ2) is 3.74. The maximum Gasteiger partial charge on any atom is 0.336 e. The number of hydrogen-bond donors (Lipinski definition) is 2. The molecule has 0 fully saturated rings. The molecule has 0 atom stereocenters. The van der Waals surface area contributed by atoms with Gasteiger partial charge < -0.3 is 10.8 Å². The molecule has 1 rings (SSSR count). The Morgan fingerprint density at radius 2 is 1.71 bits per heavy atom. The molecular formula is C10H9NO3. The van der Waals surface area contributed by atoms with Crippen LogP contribution in [0.15, 0.2) is 30.8 Å². The van der Waals surface area contributed by atoms with Crippen LogP contribution in [0.1, 0.15) is 15.9 Å². The van der Waals surface area contributed by atoms with E-state index in [0.717, 1.165) is 0 Å². The third-order valence-corrected chi connectivity index (χ3v) is 1.78. The fourth-order valence-corrected chi connectivity index (χ4v) is 1.07. The van der Waals surface area contributed by atoms with Crippen molar-refractivity contribution in [2.24, 2.45) is 5.73 Å². The fraction of sp³-hybridized carbons (Fsp3) is 0. The highest BCUT2D eigenvalue weighted by Crippen LogP contribution is 2.17. The van der Waals surface area contributed by atoms with Gasteiger partial charge in [0.05, 0.1) is 5.56 Å². The van der Waals surface area contributed by atoms with Crippen LogP contribution in [0.5, 0.6) is 0 Å². The Labute approximate surface area is 80.7 Å². The minimum absolute atomic E-state index is 0.00278. The molecule has 72 valence electrons. The number of carboxylic acid groups (broad SMARTS) is 1. The Bertz CT molecular complexity index is 410. The topological polar surface area (TPSA) is 80.4 Å². The van der Waals surface area contributed by atoms with Gasteiger partial charge in [0.15, 0.2) is 0 Å². The van der Waals surface area contributed by atoms with Crippen molar-refractivity contribution < 1.29 is 14.7 Å². The van der Waals surface area contributed by atoms with Gasteiger partial charge in [-0.1, -0.05) is 24.8 Å². The summed E-state index contributed by atoms with van der Waals surface area (Å²) < 4.78 is 0. The molecule has 0 heterocycles. The number of carboxylic acids is 1. The molecule has 0 aliphatic heterocycles. The predicted octanol–water partition coefficient (Wildman–Crippen LogP) is 0.883. The average Bonchev–Trinajstić information content (AvgIpc) is 2.16. The third kappa shape index (κ3) is 1.80. The summed E-state index contributed by atoms with van der Waals surface area (Å²) in [6.45, 7) is 3.43. The SMILES string of the molecule is C=C(C(N)=O)c1ccccc1C(=O)O. The van der Waals surface area contributed by atoms with Crippen LogP contribution >= 0.6 is 0 Å². The van der Waals surface area contributed by atoms with Crippen molar-refractivity contribution in [2.75, 3.05) is 0 Å². The second-order valence-corrected chi connectivity index (χ2v) is 2.69. The summed E-state index contributed by atoms with van der Waals surface area (Å²) >= 11 is 0. The second-order valence-electron chi connectivity index (χ2n) is 2.69. The smallest absolute Gasteiger partial charge is 0.336 e. The molecule has 4 heteroatoms. The summed E-state index contributed by atoms with van der Waals surface area (Å²) in [5.74, 6) is -1.83. The van der Waals surface area contributed by atoms with Crippen molar-refractivity contribution in [1.29, 1.82) is 0 Å². The summed E-state index contributed by atoms with van der Waals surface area (Å²) in [6, 6.07) is 6.08. The molecule has 0 radical (unpaired) electrons. The van der Waals surface area contributed by atoms with Gasteiger partial charge in [-0.25, -0.2) is 4.79 Å². The summed E-state index contributed by atoms with van der Waals surface area (Å²) in [4.78, 5) is 21.6. The van der Waals surface area contributed by atoms with Crippen LogP contribution in [0, 0.1) is 0 Å². The predicted molar refractivity (Wildman–Crippen MR) is 51.6 cm³/mol. The van der Waals surface area contributed by atoms with Crippen molar-refractivity contribution in [3.05, 3.63) is 42.0 Å². The van der Waals surface area contributed by atoms with E-state index < -0.39 is 11.9 Å². The molecule has 0 aromatic heterocycles. The molecule has 4 nitrogen and oxygen atoms in total. The standard InChI is InChI=1S/C10H9NO3/c1-6(9(11)12)7-4-2-3-5-8(7)10(13)14/h2-5H,1H2,(H2,11,12)(H,13,14). The molecule has 0 unspecified atom stereocenters. The lowest BCUT2D eigenvalue weighted by Crippen LogP contribution is -2.14. The van der Waals surface area contributed by atoms with Crippen molar-refractivity contribution in [3.8, 4) is 0 Å². The lowest BCUT2D eigenvalue weighted by atomic mass is 10.0. The minimum atomic E-state index is -1.11. The Morgan fingerprint density at radius 1 is 1.21 bits per heavy atom. The number of amides is 1. The third-order valence-electron chi connectivity index (χ3n) is 1.78. The maximum atomic E-state index is 10.8. The Morgan fingerprint density at radius 3 is 2.14 bits per heavy atom. The monoisotopic (exact) mass is 191 g/mol. The van der Waals surface area contributed by atoms with E-state index in [4.69, 9.17) is 10.8 Å². The van der Waals surface area contributed by atoms with Gasteiger partial charge in [0.1, 0.15) is 0 Å². The van der Waals surface area contributed by atoms with Gasteiger partial charge in [-0.2, -0.15) is 0 Å². The first-order valence-electron chi connectivity index (χ1n) is 3.85. The molecule has 1 amide bonds. The molecular weight excluding hydrogens is 182 g/mol. The Hall–Kier alpha value is -2.10. The Balaban J connectivity index is 3.27. The number of primary amides is 1. The van der Waals surface area contributed by atoms with Crippen molar-refractivity contribution in [1.82, 2.24) is 0 Å². The first-order chi connectivity index (χ1) is 6.54. The van der Waals surface area contributed by atoms with Gasteiger partial charge in [-0.15, -0.1) is 0 Å². The largest absolute Gasteiger partial charge is 0.478 e. The zero-order valence-corrected chi connectivity index (χ0v) is 7.36. The van der Waals surface area contributed by atoms with Crippen LogP contribution in [0.2, 0.25) is 0 Å². The van der Waals surface area contributed by atoms with E-state index in [1.165, 1.54) is 12.1 Å². The highest BCUT2D eigenvalue weighted by molar-refractivity contribution is 6.20. The molecule has 0 aliphatic carbocycles. The maximum absolute atomic E-state index is 10.8. The van der Waals surface area contributed by atoms with E-state index >= 15 is 0 Å². The van der Waals surface area contributed by atoms with E-state index in [1.54, 1.807) is 12.1 Å². The van der Waals surface area contributed by atoms with Gasteiger partial charge in [0.25, 0.3) is 0 Å².